The average Bonchev–Trinajstić information content (AvgIpc) is 2.86. The molecule has 1 aromatic heterocycles. The highest BCUT2D eigenvalue weighted by Gasteiger charge is 2.10. The maximum atomic E-state index is 11.9. The normalized spacial score (nSPS) is 10.5. The van der Waals surface area contributed by atoms with Crippen LogP contribution in [0.2, 0.25) is 0 Å². The van der Waals surface area contributed by atoms with Crippen LogP contribution in [0.5, 0.6) is 0 Å². The Labute approximate surface area is 117 Å². The van der Waals surface area contributed by atoms with Crippen LogP contribution in [0.4, 0.5) is 0 Å². The molecule has 0 aliphatic carbocycles. The van der Waals surface area contributed by atoms with Gasteiger partial charge in [0.2, 0.25) is 0 Å². The van der Waals surface area contributed by atoms with Crippen LogP contribution in [-0.4, -0.2) is 5.91 Å². The van der Waals surface area contributed by atoms with Gasteiger partial charge in [-0.05, 0) is 37.1 Å². The fourth-order valence-corrected chi connectivity index (χ4v) is 2.02. The van der Waals surface area contributed by atoms with Gasteiger partial charge < -0.3 is 9.73 Å². The zero-order valence-corrected chi connectivity index (χ0v) is 11.8. The monoisotopic (exact) mass is 277 g/mol. The summed E-state index contributed by atoms with van der Waals surface area (Å²) in [5.41, 5.74) is 3.48. The fourth-order valence-electron chi connectivity index (χ4n) is 1.88. The molecule has 3 nitrogen and oxygen atoms in total. The van der Waals surface area contributed by atoms with Gasteiger partial charge in [0.1, 0.15) is 5.76 Å². The van der Waals surface area contributed by atoms with Crippen LogP contribution >= 0.6 is 11.6 Å². The highest BCUT2D eigenvalue weighted by molar-refractivity contribution is 6.16. The van der Waals surface area contributed by atoms with E-state index in [9.17, 15) is 4.79 Å². The second-order valence-electron chi connectivity index (χ2n) is 4.51. The Balaban J connectivity index is 2.00. The van der Waals surface area contributed by atoms with E-state index < -0.39 is 0 Å². The van der Waals surface area contributed by atoms with Gasteiger partial charge in [-0.1, -0.05) is 23.8 Å². The Morgan fingerprint density at radius 1 is 1.26 bits per heavy atom. The second kappa shape index (κ2) is 5.93. The number of nitrogens with one attached hydrogen (secondary N) is 1. The van der Waals surface area contributed by atoms with Crippen molar-refractivity contribution in [1.29, 1.82) is 0 Å². The van der Waals surface area contributed by atoms with Gasteiger partial charge >= 0.3 is 0 Å². The Bertz CT molecular complexity index is 590. The molecule has 0 spiro atoms. The van der Waals surface area contributed by atoms with Crippen molar-refractivity contribution in [1.82, 2.24) is 5.32 Å². The van der Waals surface area contributed by atoms with Gasteiger partial charge in [-0.2, -0.15) is 0 Å². The van der Waals surface area contributed by atoms with Crippen molar-refractivity contribution in [2.75, 3.05) is 0 Å². The number of hydrogen-bond donors (Lipinski definition) is 1. The fraction of sp³-hybridized carbons (Fsp3) is 0.267. The molecule has 19 heavy (non-hydrogen) atoms. The highest BCUT2D eigenvalue weighted by Crippen LogP contribution is 2.12. The summed E-state index contributed by atoms with van der Waals surface area (Å²) in [5.74, 6) is 0.930. The van der Waals surface area contributed by atoms with Crippen molar-refractivity contribution in [2.45, 2.75) is 26.3 Å². The topological polar surface area (TPSA) is 42.2 Å². The lowest BCUT2D eigenvalue weighted by Crippen LogP contribution is -2.22. The molecule has 2 rings (SSSR count). The van der Waals surface area contributed by atoms with Gasteiger partial charge in [-0.25, -0.2) is 0 Å². The standard InChI is InChI=1S/C15H16ClNO2/c1-10-3-4-12(11(2)7-10)9-17-15(18)14-6-5-13(8-16)19-14/h3-7H,8-9H2,1-2H3,(H,17,18). The van der Waals surface area contributed by atoms with Gasteiger partial charge in [0.05, 0.1) is 5.88 Å². The van der Waals surface area contributed by atoms with Crippen LogP contribution in [-0.2, 0) is 12.4 Å². The predicted molar refractivity (Wildman–Crippen MR) is 75.4 cm³/mol. The minimum Gasteiger partial charge on any atom is -0.455 e. The van der Waals surface area contributed by atoms with Crippen molar-refractivity contribution >= 4 is 17.5 Å². The largest absolute Gasteiger partial charge is 0.455 e. The average molecular weight is 278 g/mol. The zero-order valence-electron chi connectivity index (χ0n) is 11.0. The summed E-state index contributed by atoms with van der Waals surface area (Å²) < 4.78 is 5.29. The minimum absolute atomic E-state index is 0.226. The van der Waals surface area contributed by atoms with Crippen LogP contribution in [0.25, 0.3) is 0 Å². The lowest BCUT2D eigenvalue weighted by molar-refractivity contribution is 0.0921. The number of carbonyl (C=O) groups is 1. The molecule has 1 amide bonds. The molecule has 0 saturated heterocycles. The number of alkyl halides is 1. The van der Waals surface area contributed by atoms with E-state index in [4.69, 9.17) is 16.0 Å². The lowest BCUT2D eigenvalue weighted by atomic mass is 10.1. The molecule has 1 N–H and O–H groups in total. The van der Waals surface area contributed by atoms with E-state index in [0.29, 0.717) is 18.1 Å². The number of carbonyl (C=O) groups excluding carboxylic acids is 1. The summed E-state index contributed by atoms with van der Waals surface area (Å²) in [5, 5.41) is 2.84. The van der Waals surface area contributed by atoms with E-state index in [-0.39, 0.29) is 11.8 Å². The minimum atomic E-state index is -0.226. The molecular weight excluding hydrogens is 262 g/mol. The van der Waals surface area contributed by atoms with Gasteiger partial charge in [0.25, 0.3) is 5.91 Å². The Morgan fingerprint density at radius 2 is 2.05 bits per heavy atom. The Hall–Kier alpha value is -1.74. The van der Waals surface area contributed by atoms with Gasteiger partial charge in [0.15, 0.2) is 5.76 Å². The molecule has 0 unspecified atom stereocenters. The molecule has 0 fully saturated rings. The first kappa shape index (κ1) is 13.7. The third kappa shape index (κ3) is 3.38. The van der Waals surface area contributed by atoms with Crippen LogP contribution in [0.1, 0.15) is 33.0 Å². The van der Waals surface area contributed by atoms with E-state index in [2.05, 4.69) is 11.4 Å². The number of halogens is 1. The SMILES string of the molecule is Cc1ccc(CNC(=O)c2ccc(CCl)o2)c(C)c1. The van der Waals surface area contributed by atoms with E-state index in [1.165, 1.54) is 11.1 Å². The molecule has 0 radical (unpaired) electrons. The number of rotatable bonds is 4. The lowest BCUT2D eigenvalue weighted by Gasteiger charge is -2.07. The summed E-state index contributed by atoms with van der Waals surface area (Å²) in [6.07, 6.45) is 0. The van der Waals surface area contributed by atoms with Crippen molar-refractivity contribution < 1.29 is 9.21 Å². The Morgan fingerprint density at radius 3 is 2.68 bits per heavy atom. The third-order valence-corrected chi connectivity index (χ3v) is 3.22. The van der Waals surface area contributed by atoms with Crippen LogP contribution < -0.4 is 5.32 Å². The molecule has 1 heterocycles. The molecule has 2 aromatic rings. The predicted octanol–water partition coefficient (Wildman–Crippen LogP) is 3.57. The van der Waals surface area contributed by atoms with Crippen molar-refractivity contribution in [3.05, 3.63) is 58.5 Å². The van der Waals surface area contributed by atoms with E-state index >= 15 is 0 Å². The van der Waals surface area contributed by atoms with E-state index in [1.54, 1.807) is 12.1 Å². The summed E-state index contributed by atoms with van der Waals surface area (Å²) >= 11 is 5.63. The number of aryl methyl sites for hydroxylation is 2. The molecule has 0 bridgehead atoms. The molecule has 1 aromatic carbocycles. The number of amides is 1. The van der Waals surface area contributed by atoms with Gasteiger partial charge in [-0.15, -0.1) is 11.6 Å². The summed E-state index contributed by atoms with van der Waals surface area (Å²) in [6.45, 7) is 4.57. The van der Waals surface area contributed by atoms with Crippen molar-refractivity contribution in [2.24, 2.45) is 0 Å². The molecule has 0 atom stereocenters. The summed E-state index contributed by atoms with van der Waals surface area (Å²) in [6, 6.07) is 9.50. The third-order valence-electron chi connectivity index (χ3n) is 2.95. The maximum Gasteiger partial charge on any atom is 0.287 e. The quantitative estimate of drug-likeness (QED) is 0.868. The highest BCUT2D eigenvalue weighted by atomic mass is 35.5. The van der Waals surface area contributed by atoms with Gasteiger partial charge in [0, 0.05) is 6.54 Å². The smallest absolute Gasteiger partial charge is 0.287 e. The maximum absolute atomic E-state index is 11.9. The van der Waals surface area contributed by atoms with Crippen LogP contribution in [0, 0.1) is 13.8 Å². The molecule has 4 heteroatoms. The molecular formula is C15H16ClNO2. The molecule has 0 aliphatic rings. The first-order chi connectivity index (χ1) is 9.10. The number of benzene rings is 1. The molecule has 0 aliphatic heterocycles. The van der Waals surface area contributed by atoms with E-state index in [0.717, 1.165) is 5.56 Å². The summed E-state index contributed by atoms with van der Waals surface area (Å²) in [4.78, 5) is 11.9. The summed E-state index contributed by atoms with van der Waals surface area (Å²) in [7, 11) is 0. The van der Waals surface area contributed by atoms with Crippen LogP contribution in [0.3, 0.4) is 0 Å². The number of hydrogen-bond acceptors (Lipinski definition) is 2. The Kier molecular flexibility index (Phi) is 4.27. The molecule has 100 valence electrons. The second-order valence-corrected chi connectivity index (χ2v) is 4.78. The van der Waals surface area contributed by atoms with Gasteiger partial charge in [-0.3, -0.25) is 4.79 Å². The van der Waals surface area contributed by atoms with Crippen molar-refractivity contribution in [3.8, 4) is 0 Å². The van der Waals surface area contributed by atoms with Crippen LogP contribution in [0.15, 0.2) is 34.7 Å². The van der Waals surface area contributed by atoms with E-state index in [1.807, 2.05) is 26.0 Å². The molecule has 0 saturated carbocycles. The zero-order chi connectivity index (χ0) is 13.8. The number of furan rings is 1. The first-order valence-electron chi connectivity index (χ1n) is 6.09. The van der Waals surface area contributed by atoms with Crippen molar-refractivity contribution in [3.63, 3.8) is 0 Å². The first-order valence-corrected chi connectivity index (χ1v) is 6.62.